The number of nitrogens with one attached hydrogen (secondary N) is 1. The molecule has 94 valence electrons. The predicted octanol–water partition coefficient (Wildman–Crippen LogP) is 0.960. The summed E-state index contributed by atoms with van der Waals surface area (Å²) in [5.41, 5.74) is 0.900. The van der Waals surface area contributed by atoms with Gasteiger partial charge in [0.1, 0.15) is 0 Å². The molecule has 18 heavy (non-hydrogen) atoms. The highest BCUT2D eigenvalue weighted by molar-refractivity contribution is 5.80. The topological polar surface area (TPSA) is 64.1 Å². The Labute approximate surface area is 103 Å². The lowest BCUT2D eigenvalue weighted by molar-refractivity contribution is 0.185. The first-order valence-electron chi connectivity index (χ1n) is 6.00. The molecule has 0 spiro atoms. The second-order valence-corrected chi connectivity index (χ2v) is 4.62. The molecule has 1 saturated heterocycles. The maximum atomic E-state index is 12.4. The van der Waals surface area contributed by atoms with Crippen LogP contribution >= 0.6 is 0 Å². The Morgan fingerprint density at radius 3 is 2.94 bits per heavy atom. The highest BCUT2D eigenvalue weighted by atomic mass is 16.5. The fourth-order valence-electron chi connectivity index (χ4n) is 2.50. The fourth-order valence-corrected chi connectivity index (χ4v) is 2.50. The fraction of sp³-hybridized carbons (Fsp3) is 0.385. The van der Waals surface area contributed by atoms with Crippen LogP contribution in [0.2, 0.25) is 0 Å². The number of ether oxygens (including phenoxy) is 1. The van der Waals surface area contributed by atoms with E-state index in [1.54, 1.807) is 6.07 Å². The Hall–Kier alpha value is -1.88. The molecule has 2 heterocycles. The van der Waals surface area contributed by atoms with Crippen LogP contribution in [0.15, 0.2) is 27.8 Å². The third-order valence-corrected chi connectivity index (χ3v) is 3.44. The van der Waals surface area contributed by atoms with Crippen LogP contribution in [0.4, 0.5) is 0 Å². The van der Waals surface area contributed by atoms with E-state index in [1.165, 1.54) is 4.57 Å². The molecule has 0 bridgehead atoms. The van der Waals surface area contributed by atoms with E-state index in [2.05, 4.69) is 4.98 Å². The van der Waals surface area contributed by atoms with Crippen molar-refractivity contribution in [1.29, 1.82) is 0 Å². The lowest BCUT2D eigenvalue weighted by atomic mass is 10.1. The van der Waals surface area contributed by atoms with E-state index in [4.69, 9.17) is 4.74 Å². The summed E-state index contributed by atoms with van der Waals surface area (Å²) in [4.78, 5) is 27.2. The van der Waals surface area contributed by atoms with Gasteiger partial charge in [-0.05, 0) is 25.0 Å². The van der Waals surface area contributed by atoms with Gasteiger partial charge in [0.2, 0.25) is 0 Å². The van der Waals surface area contributed by atoms with E-state index in [-0.39, 0.29) is 17.3 Å². The maximum Gasteiger partial charge on any atom is 0.329 e. The van der Waals surface area contributed by atoms with E-state index >= 15 is 0 Å². The van der Waals surface area contributed by atoms with Crippen molar-refractivity contribution in [2.75, 3.05) is 13.2 Å². The first-order chi connectivity index (χ1) is 8.68. The van der Waals surface area contributed by atoms with Crippen molar-refractivity contribution in [3.05, 3.63) is 44.6 Å². The van der Waals surface area contributed by atoms with Crippen molar-refractivity contribution in [3.63, 3.8) is 0 Å². The van der Waals surface area contributed by atoms with Gasteiger partial charge in [0, 0.05) is 6.61 Å². The van der Waals surface area contributed by atoms with Gasteiger partial charge in [-0.1, -0.05) is 12.1 Å². The average Bonchev–Trinajstić information content (AvgIpc) is 2.82. The summed E-state index contributed by atoms with van der Waals surface area (Å²) >= 11 is 0. The molecule has 3 rings (SSSR count). The smallest absolute Gasteiger partial charge is 0.329 e. The number of aryl methyl sites for hydroxylation is 1. The van der Waals surface area contributed by atoms with Crippen LogP contribution in [0, 0.1) is 6.92 Å². The molecule has 0 amide bonds. The minimum absolute atomic E-state index is 0.148. The molecule has 1 atom stereocenters. The van der Waals surface area contributed by atoms with Gasteiger partial charge in [-0.15, -0.1) is 0 Å². The Bertz CT molecular complexity index is 708. The lowest BCUT2D eigenvalue weighted by Gasteiger charge is -2.12. The van der Waals surface area contributed by atoms with Gasteiger partial charge in [-0.3, -0.25) is 9.36 Å². The molecule has 2 aromatic rings. The number of rotatable bonds is 1. The maximum absolute atomic E-state index is 12.4. The summed E-state index contributed by atoms with van der Waals surface area (Å²) in [6.07, 6.45) is 0.709. The van der Waals surface area contributed by atoms with Gasteiger partial charge in [0.05, 0.1) is 23.6 Å². The van der Waals surface area contributed by atoms with Crippen molar-refractivity contribution < 1.29 is 4.74 Å². The van der Waals surface area contributed by atoms with Gasteiger partial charge in [-0.25, -0.2) is 4.79 Å². The lowest BCUT2D eigenvalue weighted by Crippen LogP contribution is -2.38. The molecule has 1 unspecified atom stereocenters. The monoisotopic (exact) mass is 246 g/mol. The Kier molecular flexibility index (Phi) is 2.56. The summed E-state index contributed by atoms with van der Waals surface area (Å²) < 4.78 is 6.55. The number of aromatic nitrogens is 2. The highest BCUT2D eigenvalue weighted by Gasteiger charge is 2.22. The third kappa shape index (κ3) is 1.59. The Morgan fingerprint density at radius 1 is 1.39 bits per heavy atom. The van der Waals surface area contributed by atoms with Gasteiger partial charge in [0.25, 0.3) is 5.56 Å². The van der Waals surface area contributed by atoms with Crippen LogP contribution in [-0.2, 0) is 4.74 Å². The number of H-pyrrole nitrogens is 1. The van der Waals surface area contributed by atoms with E-state index < -0.39 is 0 Å². The van der Waals surface area contributed by atoms with Gasteiger partial charge >= 0.3 is 5.69 Å². The zero-order valence-corrected chi connectivity index (χ0v) is 10.1. The van der Waals surface area contributed by atoms with Gasteiger partial charge < -0.3 is 9.72 Å². The molecule has 5 nitrogen and oxygen atoms in total. The molecule has 1 aromatic carbocycles. The molecular formula is C13H14N2O3. The molecule has 1 aliphatic heterocycles. The van der Waals surface area contributed by atoms with E-state index in [0.29, 0.717) is 30.5 Å². The molecule has 5 heteroatoms. The van der Waals surface area contributed by atoms with E-state index in [9.17, 15) is 9.59 Å². The zero-order valence-electron chi connectivity index (χ0n) is 10.1. The SMILES string of the molecule is Cc1cccc2[nH]c(=O)n(C3CCOC3)c(=O)c12. The summed E-state index contributed by atoms with van der Waals surface area (Å²) in [5.74, 6) is 0. The largest absolute Gasteiger partial charge is 0.379 e. The van der Waals surface area contributed by atoms with Crippen LogP contribution in [0.3, 0.4) is 0 Å². The highest BCUT2D eigenvalue weighted by Crippen LogP contribution is 2.17. The molecule has 1 aliphatic rings. The number of nitrogens with zero attached hydrogens (tertiary/aromatic N) is 1. The molecule has 0 aliphatic carbocycles. The van der Waals surface area contributed by atoms with Crippen molar-refractivity contribution in [2.24, 2.45) is 0 Å². The molecule has 1 N–H and O–H groups in total. The quantitative estimate of drug-likeness (QED) is 0.815. The second-order valence-electron chi connectivity index (χ2n) is 4.62. The number of fused-ring (bicyclic) bond motifs is 1. The van der Waals surface area contributed by atoms with Crippen LogP contribution in [0.1, 0.15) is 18.0 Å². The minimum Gasteiger partial charge on any atom is -0.379 e. The number of aromatic amines is 1. The van der Waals surface area contributed by atoms with Crippen LogP contribution in [0.5, 0.6) is 0 Å². The van der Waals surface area contributed by atoms with Crippen LogP contribution in [0.25, 0.3) is 10.9 Å². The van der Waals surface area contributed by atoms with Gasteiger partial charge in [0.15, 0.2) is 0 Å². The number of hydrogen-bond donors (Lipinski definition) is 1. The molecule has 1 fully saturated rings. The standard InChI is InChI=1S/C13H14N2O3/c1-8-3-2-4-10-11(8)12(16)15(13(17)14-10)9-5-6-18-7-9/h2-4,9H,5-7H2,1H3,(H,14,17). The summed E-state index contributed by atoms with van der Waals surface area (Å²) in [7, 11) is 0. The Morgan fingerprint density at radius 2 is 2.22 bits per heavy atom. The summed E-state index contributed by atoms with van der Waals surface area (Å²) in [6, 6.07) is 5.30. The Balaban J connectivity index is 2.36. The summed E-state index contributed by atoms with van der Waals surface area (Å²) in [5, 5.41) is 0.587. The summed E-state index contributed by atoms with van der Waals surface area (Å²) in [6.45, 7) is 2.90. The van der Waals surface area contributed by atoms with E-state index in [1.807, 2.05) is 19.1 Å². The first-order valence-corrected chi connectivity index (χ1v) is 6.00. The van der Waals surface area contributed by atoms with Crippen molar-refractivity contribution in [1.82, 2.24) is 9.55 Å². The van der Waals surface area contributed by atoms with Crippen molar-refractivity contribution >= 4 is 10.9 Å². The molecular weight excluding hydrogens is 232 g/mol. The number of hydrogen-bond acceptors (Lipinski definition) is 3. The van der Waals surface area contributed by atoms with E-state index in [0.717, 1.165) is 5.56 Å². The third-order valence-electron chi connectivity index (χ3n) is 3.44. The van der Waals surface area contributed by atoms with Crippen LogP contribution < -0.4 is 11.2 Å². The molecule has 0 radical (unpaired) electrons. The molecule has 0 saturated carbocycles. The normalized spacial score (nSPS) is 19.5. The predicted molar refractivity (Wildman–Crippen MR) is 68.0 cm³/mol. The second kappa shape index (κ2) is 4.10. The van der Waals surface area contributed by atoms with Gasteiger partial charge in [-0.2, -0.15) is 0 Å². The zero-order chi connectivity index (χ0) is 12.7. The number of benzene rings is 1. The average molecular weight is 246 g/mol. The first kappa shape index (κ1) is 11.2. The van der Waals surface area contributed by atoms with Crippen LogP contribution in [-0.4, -0.2) is 22.8 Å². The minimum atomic E-state index is -0.353. The van der Waals surface area contributed by atoms with Crippen molar-refractivity contribution in [3.8, 4) is 0 Å². The molecule has 1 aromatic heterocycles. The van der Waals surface area contributed by atoms with Crippen molar-refractivity contribution in [2.45, 2.75) is 19.4 Å².